The molecule has 8 heteroatoms. The molecule has 0 bridgehead atoms. The molecule has 1 amide bonds. The van der Waals surface area contributed by atoms with Gasteiger partial charge in [-0.05, 0) is 54.8 Å². The van der Waals surface area contributed by atoms with Crippen molar-refractivity contribution in [2.75, 3.05) is 18.4 Å². The van der Waals surface area contributed by atoms with Gasteiger partial charge in [-0.25, -0.2) is 14.2 Å². The average Bonchev–Trinajstić information content (AvgIpc) is 3.19. The average molecular weight is 381 g/mol. The highest BCUT2D eigenvalue weighted by Crippen LogP contribution is 2.31. The zero-order valence-electron chi connectivity index (χ0n) is 15.1. The zero-order valence-corrected chi connectivity index (χ0v) is 15.1. The first-order valence-electron chi connectivity index (χ1n) is 9.10. The third-order valence-electron chi connectivity index (χ3n) is 4.96. The number of rotatable bonds is 4. The molecule has 1 fully saturated rings. The van der Waals surface area contributed by atoms with Crippen LogP contribution in [0, 0.1) is 5.82 Å². The van der Waals surface area contributed by atoms with Crippen molar-refractivity contribution in [3.05, 3.63) is 54.6 Å². The second-order valence-electron chi connectivity index (χ2n) is 6.78. The fraction of sp³-hybridized carbons (Fsp3) is 0.250. The van der Waals surface area contributed by atoms with Gasteiger partial charge in [0.1, 0.15) is 11.6 Å². The Bertz CT molecular complexity index is 965. The third-order valence-corrected chi connectivity index (χ3v) is 4.96. The number of nitrogens with zero attached hydrogens (tertiary/aromatic N) is 3. The summed E-state index contributed by atoms with van der Waals surface area (Å²) in [4.78, 5) is 16.8. The molecule has 3 aromatic rings. The van der Waals surface area contributed by atoms with Gasteiger partial charge in [0.2, 0.25) is 0 Å². The van der Waals surface area contributed by atoms with E-state index in [0.717, 1.165) is 41.0 Å². The molecule has 144 valence electrons. The van der Waals surface area contributed by atoms with Gasteiger partial charge >= 0.3 is 6.09 Å². The zero-order chi connectivity index (χ0) is 19.5. The fourth-order valence-corrected chi connectivity index (χ4v) is 3.44. The van der Waals surface area contributed by atoms with E-state index in [1.165, 1.54) is 17.0 Å². The number of piperidine rings is 1. The van der Waals surface area contributed by atoms with Gasteiger partial charge in [-0.15, -0.1) is 0 Å². The van der Waals surface area contributed by atoms with Gasteiger partial charge in [-0.2, -0.15) is 5.10 Å². The number of carboxylic acid groups (broad SMARTS) is 1. The van der Waals surface area contributed by atoms with Crippen LogP contribution in [0.5, 0.6) is 0 Å². The molecule has 3 heterocycles. The lowest BCUT2D eigenvalue weighted by Crippen LogP contribution is -2.41. The fourth-order valence-electron chi connectivity index (χ4n) is 3.44. The molecule has 0 saturated carbocycles. The van der Waals surface area contributed by atoms with Gasteiger partial charge < -0.3 is 15.3 Å². The molecule has 0 unspecified atom stereocenters. The predicted molar refractivity (Wildman–Crippen MR) is 103 cm³/mol. The maximum atomic E-state index is 13.2. The third kappa shape index (κ3) is 3.80. The highest BCUT2D eigenvalue weighted by Gasteiger charge is 2.22. The monoisotopic (exact) mass is 381 g/mol. The second kappa shape index (κ2) is 7.67. The number of hydrogen-bond acceptors (Lipinski definition) is 4. The minimum Gasteiger partial charge on any atom is -0.465 e. The van der Waals surface area contributed by atoms with Crippen LogP contribution in [0.4, 0.5) is 15.0 Å². The minimum atomic E-state index is -0.869. The maximum Gasteiger partial charge on any atom is 0.407 e. The van der Waals surface area contributed by atoms with Crippen LogP contribution in [0.25, 0.3) is 22.4 Å². The van der Waals surface area contributed by atoms with Crippen LogP contribution in [-0.4, -0.2) is 50.4 Å². The Labute approximate surface area is 161 Å². The molecular weight excluding hydrogens is 361 g/mol. The van der Waals surface area contributed by atoms with Crippen molar-refractivity contribution in [2.24, 2.45) is 0 Å². The smallest absolute Gasteiger partial charge is 0.407 e. The molecule has 2 aromatic heterocycles. The number of amides is 1. The van der Waals surface area contributed by atoms with E-state index in [-0.39, 0.29) is 11.9 Å². The van der Waals surface area contributed by atoms with Crippen LogP contribution in [0.2, 0.25) is 0 Å². The summed E-state index contributed by atoms with van der Waals surface area (Å²) in [6.45, 7) is 1.03. The Morgan fingerprint density at radius 1 is 1.18 bits per heavy atom. The van der Waals surface area contributed by atoms with Crippen molar-refractivity contribution < 1.29 is 14.3 Å². The Balaban J connectivity index is 1.52. The molecule has 4 rings (SSSR count). The molecule has 1 saturated heterocycles. The number of aromatic amines is 1. The summed E-state index contributed by atoms with van der Waals surface area (Å²) in [6, 6.07) is 10.3. The van der Waals surface area contributed by atoms with E-state index >= 15 is 0 Å². The number of anilines is 1. The molecule has 7 nitrogen and oxygen atoms in total. The largest absolute Gasteiger partial charge is 0.465 e. The first-order valence-corrected chi connectivity index (χ1v) is 9.10. The number of nitrogens with one attached hydrogen (secondary N) is 2. The topological polar surface area (TPSA) is 94.1 Å². The number of H-pyrrole nitrogens is 1. The lowest BCUT2D eigenvalue weighted by atomic mass is 10.0. The van der Waals surface area contributed by atoms with Crippen molar-refractivity contribution in [3.8, 4) is 22.4 Å². The molecule has 1 aliphatic rings. The standard InChI is InChI=1S/C20H20FN5O2/c21-15-3-1-13(2-4-15)19-17(12-23-25-19)14-5-8-22-18(11-14)24-16-6-9-26(10-7-16)20(27)28/h1-5,8,11-12,16H,6-7,9-10H2,(H,22,24)(H,23,25)(H,27,28). The lowest BCUT2D eigenvalue weighted by molar-refractivity contribution is 0.134. The summed E-state index contributed by atoms with van der Waals surface area (Å²) in [5.41, 5.74) is 3.50. The van der Waals surface area contributed by atoms with Gasteiger partial charge in [-0.3, -0.25) is 5.10 Å². The predicted octanol–water partition coefficient (Wildman–Crippen LogP) is 3.83. The van der Waals surface area contributed by atoms with E-state index in [1.807, 2.05) is 12.1 Å². The van der Waals surface area contributed by atoms with Crippen molar-refractivity contribution in [2.45, 2.75) is 18.9 Å². The maximum absolute atomic E-state index is 13.2. The van der Waals surface area contributed by atoms with Crippen molar-refractivity contribution in [1.82, 2.24) is 20.1 Å². The van der Waals surface area contributed by atoms with E-state index in [4.69, 9.17) is 5.11 Å². The van der Waals surface area contributed by atoms with E-state index < -0.39 is 6.09 Å². The van der Waals surface area contributed by atoms with E-state index in [2.05, 4.69) is 20.5 Å². The summed E-state index contributed by atoms with van der Waals surface area (Å²) >= 11 is 0. The van der Waals surface area contributed by atoms with Crippen molar-refractivity contribution in [1.29, 1.82) is 0 Å². The number of aromatic nitrogens is 3. The molecule has 0 aliphatic carbocycles. The number of halogens is 1. The van der Waals surface area contributed by atoms with Crippen molar-refractivity contribution >= 4 is 11.9 Å². The van der Waals surface area contributed by atoms with Crippen LogP contribution in [-0.2, 0) is 0 Å². The Morgan fingerprint density at radius 2 is 1.93 bits per heavy atom. The van der Waals surface area contributed by atoms with E-state index in [9.17, 15) is 9.18 Å². The molecule has 0 atom stereocenters. The molecule has 1 aliphatic heterocycles. The van der Waals surface area contributed by atoms with Gasteiger partial charge in [0.25, 0.3) is 0 Å². The highest BCUT2D eigenvalue weighted by atomic mass is 19.1. The number of carbonyl (C=O) groups is 1. The SMILES string of the molecule is O=C(O)N1CCC(Nc2cc(-c3cn[nH]c3-c3ccc(F)cc3)ccn2)CC1. The summed E-state index contributed by atoms with van der Waals surface area (Å²) in [5, 5.41) is 19.6. The quantitative estimate of drug-likeness (QED) is 0.638. The van der Waals surface area contributed by atoms with Crippen molar-refractivity contribution in [3.63, 3.8) is 0 Å². The highest BCUT2D eigenvalue weighted by molar-refractivity contribution is 5.81. The number of hydrogen-bond donors (Lipinski definition) is 3. The first-order chi connectivity index (χ1) is 13.6. The molecule has 1 aromatic carbocycles. The van der Waals surface area contributed by atoms with E-state index in [1.54, 1.807) is 24.5 Å². The first kappa shape index (κ1) is 18.0. The Kier molecular flexibility index (Phi) is 4.92. The number of pyridine rings is 1. The number of benzene rings is 1. The number of likely N-dealkylation sites (tertiary alicyclic amines) is 1. The van der Waals surface area contributed by atoms with Crippen LogP contribution in [0.1, 0.15) is 12.8 Å². The van der Waals surface area contributed by atoms with E-state index in [0.29, 0.717) is 13.1 Å². The molecule has 0 radical (unpaired) electrons. The summed E-state index contributed by atoms with van der Waals surface area (Å²) < 4.78 is 13.2. The van der Waals surface area contributed by atoms with Gasteiger partial charge in [0.05, 0.1) is 11.9 Å². The second-order valence-corrected chi connectivity index (χ2v) is 6.78. The normalized spacial score (nSPS) is 14.8. The summed E-state index contributed by atoms with van der Waals surface area (Å²) in [6.07, 6.45) is 4.08. The molecular formula is C20H20FN5O2. The lowest BCUT2D eigenvalue weighted by Gasteiger charge is -2.30. The van der Waals surface area contributed by atoms with Crippen LogP contribution in [0.15, 0.2) is 48.8 Å². The molecule has 0 spiro atoms. The van der Waals surface area contributed by atoms with Crippen LogP contribution < -0.4 is 5.32 Å². The minimum absolute atomic E-state index is 0.180. The molecule has 28 heavy (non-hydrogen) atoms. The summed E-state index contributed by atoms with van der Waals surface area (Å²) in [5.74, 6) is 0.451. The van der Waals surface area contributed by atoms with Gasteiger partial charge in [0, 0.05) is 36.5 Å². The van der Waals surface area contributed by atoms with Crippen LogP contribution >= 0.6 is 0 Å². The summed E-state index contributed by atoms with van der Waals surface area (Å²) in [7, 11) is 0. The Morgan fingerprint density at radius 3 is 2.64 bits per heavy atom. The Hall–Kier alpha value is -3.42. The van der Waals surface area contributed by atoms with Gasteiger partial charge in [-0.1, -0.05) is 0 Å². The van der Waals surface area contributed by atoms with Crippen LogP contribution in [0.3, 0.4) is 0 Å². The molecule has 3 N–H and O–H groups in total. The van der Waals surface area contributed by atoms with Gasteiger partial charge in [0.15, 0.2) is 0 Å².